The molecule has 682 valence electrons. The van der Waals surface area contributed by atoms with Crippen molar-refractivity contribution in [1.29, 1.82) is 0 Å². The van der Waals surface area contributed by atoms with Crippen LogP contribution in [0.3, 0.4) is 0 Å². The minimum Gasteiger partial charge on any atom is -0.469 e. The summed E-state index contributed by atoms with van der Waals surface area (Å²) in [6.45, 7) is 24.3. The molecule has 3 N–H and O–H groups in total. The summed E-state index contributed by atoms with van der Waals surface area (Å²) in [7, 11) is 2.73. The molecule has 20 nitrogen and oxygen atoms in total. The van der Waals surface area contributed by atoms with Crippen molar-refractivity contribution in [2.24, 2.45) is 5.73 Å². The first kappa shape index (κ1) is 114. The first-order chi connectivity index (χ1) is 52.4. The van der Waals surface area contributed by atoms with Crippen molar-refractivity contribution in [3.63, 3.8) is 0 Å². The molecule has 10 aliphatic rings. The fraction of sp³-hybridized carbons (Fsp3) is 0.667. The van der Waals surface area contributed by atoms with E-state index in [1.807, 2.05) is 77.0 Å². The number of rotatable bonds is 10. The van der Waals surface area contributed by atoms with Gasteiger partial charge in [0.2, 0.25) is 11.8 Å². The van der Waals surface area contributed by atoms with Gasteiger partial charge in [-0.05, 0) is 257 Å². The predicted octanol–water partition coefficient (Wildman–Crippen LogP) is 21.2. The quantitative estimate of drug-likeness (QED) is 0.0650. The third-order valence-electron chi connectivity index (χ3n) is 25.0. The standard InChI is InChI=1S/C24H36N2O4.C23H32N2O3.C19H28N2O2.C19H25NO.C5H8O3.6CH4.4H2S/c1-23(2,3)30-22(28)26-16-13-24(14-17-26)12-11-20(18-8-5-6-9-19(18)24)25-15-7-10-21(27)29-4;1-22(2,3)28-21(27)24-15-12-23(13-16-24)11-10-19(25-14-6-9-20(25)26)17-7-4-5-8-18(17)23;1-18(2,3)23-17(22)21-12-10-19(11-13-21)9-8-16(20)14-6-4-5-7-15(14)19;21-18-9-6-14-20(18)17-10-13-19(11-4-1-5-12-19)16-8-3-2-7-15(16)17;1-8-5(7)3-2-4-6;;;;;;;;;;/h5-6,8-9,20,25H,7,10-17H2,1-4H3;4-5,7-8,19H,6,9-16H2,1-3H3;4-7,16H,8-13,20H2,1-3H3;2-3,7-8,17H,1,4-6,9-14H2;4H,2-3H2,1H3;6*1H4;4*1H2/t20-;19-;16-;17-;;;;;;;;;;;/m0000.........../s1. The van der Waals surface area contributed by atoms with Gasteiger partial charge in [0.1, 0.15) is 23.1 Å². The average molecular weight is 1750 g/mol. The average Bonchev–Trinajstić information content (AvgIpc) is 1.02. The largest absolute Gasteiger partial charge is 0.469 e. The molecule has 5 heterocycles. The lowest BCUT2D eigenvalue weighted by Gasteiger charge is -2.48. The minimum atomic E-state index is -0.462. The van der Waals surface area contributed by atoms with Gasteiger partial charge in [0.15, 0.2) is 0 Å². The molecule has 6 fully saturated rings. The van der Waals surface area contributed by atoms with Crippen molar-refractivity contribution in [2.75, 3.05) is 73.1 Å². The van der Waals surface area contributed by atoms with Crippen molar-refractivity contribution in [3.8, 4) is 0 Å². The highest BCUT2D eigenvalue weighted by molar-refractivity contribution is 7.59. The number of carbonyl (C=O) groups is 8. The number of carbonyl (C=O) groups excluding carboxylic acids is 8. The Hall–Kier alpha value is -6.44. The van der Waals surface area contributed by atoms with Gasteiger partial charge in [-0.2, -0.15) is 54.0 Å². The molecule has 0 radical (unpaired) electrons. The Kier molecular flexibility index (Phi) is 47.8. The van der Waals surface area contributed by atoms with Crippen LogP contribution in [0.2, 0.25) is 0 Å². The summed E-state index contributed by atoms with van der Waals surface area (Å²) in [6.07, 6.45) is 26.8. The number of methoxy groups -OCH3 is 2. The molecule has 1 saturated carbocycles. The number of ether oxygens (including phenoxy) is 5. The fourth-order valence-corrected chi connectivity index (χ4v) is 19.4. The number of nitrogens with two attached hydrogens (primary N) is 1. The lowest BCUT2D eigenvalue weighted by atomic mass is 9.61. The number of benzene rings is 4. The molecule has 5 aliphatic carbocycles. The Balaban J connectivity index is 0.00000149. The Labute approximate surface area is 752 Å². The summed E-state index contributed by atoms with van der Waals surface area (Å²) < 4.78 is 25.6. The van der Waals surface area contributed by atoms with Crippen molar-refractivity contribution >= 4 is 102 Å². The summed E-state index contributed by atoms with van der Waals surface area (Å²) in [5.74, 6) is 0.179. The van der Waals surface area contributed by atoms with Crippen LogP contribution in [0.4, 0.5) is 14.4 Å². The van der Waals surface area contributed by atoms with Crippen LogP contribution < -0.4 is 11.1 Å². The highest BCUT2D eigenvalue weighted by Gasteiger charge is 2.49. The van der Waals surface area contributed by atoms with E-state index in [4.69, 9.17) is 24.7 Å². The molecule has 5 aliphatic heterocycles. The monoisotopic (exact) mass is 1750 g/mol. The number of likely N-dealkylation sites (tertiary alicyclic amines) is 5. The molecular weight excluding hydrogens is 1590 g/mol. The van der Waals surface area contributed by atoms with Crippen LogP contribution in [0.5, 0.6) is 0 Å². The molecule has 4 aromatic rings. The first-order valence-electron chi connectivity index (χ1n) is 41.4. The van der Waals surface area contributed by atoms with E-state index in [0.29, 0.717) is 48.4 Å². The lowest BCUT2D eigenvalue weighted by Crippen LogP contribution is -2.49. The normalized spacial score (nSPS) is 20.8. The van der Waals surface area contributed by atoms with Crippen LogP contribution in [-0.4, -0.2) is 163 Å². The third kappa shape index (κ3) is 28.8. The highest BCUT2D eigenvalue weighted by Crippen LogP contribution is 2.54. The van der Waals surface area contributed by atoms with Crippen LogP contribution in [0.15, 0.2) is 97.1 Å². The van der Waals surface area contributed by atoms with Crippen LogP contribution >= 0.6 is 54.0 Å². The predicted molar refractivity (Wildman–Crippen MR) is 509 cm³/mol. The molecule has 120 heavy (non-hydrogen) atoms. The number of esters is 2. The van der Waals surface area contributed by atoms with E-state index in [9.17, 15) is 38.4 Å². The van der Waals surface area contributed by atoms with Crippen LogP contribution in [0.25, 0.3) is 0 Å². The molecule has 4 spiro atoms. The van der Waals surface area contributed by atoms with E-state index in [2.05, 4.69) is 117 Å². The minimum absolute atomic E-state index is 0. The second-order valence-electron chi connectivity index (χ2n) is 35.6. The Bertz CT molecular complexity index is 3810. The van der Waals surface area contributed by atoms with Gasteiger partial charge >= 0.3 is 30.2 Å². The number of nitrogens with zero attached hydrogens (tertiary/aromatic N) is 5. The van der Waals surface area contributed by atoms with E-state index in [1.165, 1.54) is 98.1 Å². The van der Waals surface area contributed by atoms with Crippen molar-refractivity contribution in [2.45, 2.75) is 343 Å². The molecule has 14 rings (SSSR count). The van der Waals surface area contributed by atoms with Crippen molar-refractivity contribution in [3.05, 3.63) is 142 Å². The molecule has 5 amide bonds. The number of nitrogens with one attached hydrogen (secondary N) is 1. The molecular formula is C96H161N7O13S4. The summed E-state index contributed by atoms with van der Waals surface area (Å²) in [6, 6.07) is 36.1. The summed E-state index contributed by atoms with van der Waals surface area (Å²) in [4.78, 5) is 103. The van der Waals surface area contributed by atoms with Crippen molar-refractivity contribution < 1.29 is 62.0 Å². The van der Waals surface area contributed by atoms with Gasteiger partial charge in [0.25, 0.3) is 0 Å². The molecule has 4 atom stereocenters. The van der Waals surface area contributed by atoms with Crippen LogP contribution in [0, 0.1) is 0 Å². The van der Waals surface area contributed by atoms with Gasteiger partial charge in [-0.25, -0.2) is 14.4 Å². The number of amides is 5. The van der Waals surface area contributed by atoms with Gasteiger partial charge in [-0.15, -0.1) is 0 Å². The Morgan fingerprint density at radius 1 is 0.417 bits per heavy atom. The number of fused-ring (bicyclic) bond motifs is 8. The number of piperidine rings is 3. The SMILES string of the molecule is C.C.C.C.C.C.CC(C)(C)OC(=O)N1CCC2(CC[C@H](N)c3ccccc32)CC1.CC(C)(C)OC(=O)N1CCC2(CC[C@H](N3CCCC3=O)c3ccccc32)CC1.COC(=O)CCC=O.COC(=O)CCCN[C@H]1CCC2(CCN(C(=O)OC(C)(C)C)CC2)c2ccccc21.O=C1CCCN1[C@H]1CCC2(CCCCC2)c2ccccc21.S.S.S.S. The zero-order valence-electron chi connectivity index (χ0n) is 70.2. The Morgan fingerprint density at radius 2 is 0.733 bits per heavy atom. The topological polar surface area (TPSA) is 237 Å². The van der Waals surface area contributed by atoms with Gasteiger partial charge in [0, 0.05) is 90.1 Å². The number of aldehydes is 1. The zero-order chi connectivity index (χ0) is 79.1. The van der Waals surface area contributed by atoms with Gasteiger partial charge in [0.05, 0.1) is 32.7 Å². The van der Waals surface area contributed by atoms with E-state index in [0.717, 1.165) is 162 Å². The molecule has 0 unspecified atom stereocenters. The smallest absolute Gasteiger partial charge is 0.410 e. The molecule has 24 heteroatoms. The third-order valence-corrected chi connectivity index (χ3v) is 25.0. The summed E-state index contributed by atoms with van der Waals surface area (Å²) in [5.41, 5.74) is 17.1. The van der Waals surface area contributed by atoms with E-state index < -0.39 is 16.8 Å². The highest BCUT2D eigenvalue weighted by atomic mass is 32.1. The maximum Gasteiger partial charge on any atom is 0.410 e. The maximum absolute atomic E-state index is 12.5. The summed E-state index contributed by atoms with van der Waals surface area (Å²) in [5, 5.41) is 3.64. The van der Waals surface area contributed by atoms with Crippen LogP contribution in [-0.2, 0) is 69.3 Å². The van der Waals surface area contributed by atoms with Crippen molar-refractivity contribution in [1.82, 2.24) is 29.8 Å². The second-order valence-corrected chi connectivity index (χ2v) is 35.6. The fourth-order valence-electron chi connectivity index (χ4n) is 19.4. The van der Waals surface area contributed by atoms with Crippen LogP contribution in [0.1, 0.15) is 349 Å². The van der Waals surface area contributed by atoms with E-state index in [1.54, 1.807) is 5.56 Å². The van der Waals surface area contributed by atoms with E-state index >= 15 is 0 Å². The lowest BCUT2D eigenvalue weighted by molar-refractivity contribution is -0.141. The summed E-state index contributed by atoms with van der Waals surface area (Å²) >= 11 is 0. The number of hydrogen-bond donors (Lipinski definition) is 2. The van der Waals surface area contributed by atoms with Gasteiger partial charge in [-0.1, -0.05) is 161 Å². The van der Waals surface area contributed by atoms with E-state index in [-0.39, 0.29) is 170 Å². The number of hydrogen-bond acceptors (Lipinski definition) is 15. The van der Waals surface area contributed by atoms with Gasteiger partial charge < -0.3 is 64.0 Å². The second kappa shape index (κ2) is 50.5. The molecule has 5 saturated heterocycles. The molecule has 4 aromatic carbocycles. The maximum atomic E-state index is 12.5. The van der Waals surface area contributed by atoms with Gasteiger partial charge in [-0.3, -0.25) is 19.2 Å². The Morgan fingerprint density at radius 3 is 1.08 bits per heavy atom. The molecule has 0 bridgehead atoms. The first-order valence-corrected chi connectivity index (χ1v) is 41.4. The molecule has 0 aromatic heterocycles. The zero-order valence-corrected chi connectivity index (χ0v) is 74.2.